The van der Waals surface area contributed by atoms with Crippen molar-refractivity contribution in [1.29, 1.82) is 0 Å². The zero-order valence-corrected chi connectivity index (χ0v) is 11.1. The molecular formula is C13H18ClNO2. The average Bonchev–Trinajstić information content (AvgIpc) is 2.25. The van der Waals surface area contributed by atoms with E-state index >= 15 is 0 Å². The van der Waals surface area contributed by atoms with Gasteiger partial charge < -0.3 is 10.0 Å². The molecule has 1 rings (SSSR count). The molecule has 1 N–H and O–H groups in total. The van der Waals surface area contributed by atoms with Gasteiger partial charge in [0.05, 0.1) is 6.10 Å². The highest BCUT2D eigenvalue weighted by molar-refractivity contribution is 6.30. The summed E-state index contributed by atoms with van der Waals surface area (Å²) in [4.78, 5) is 13.9. The number of hydrogen-bond donors (Lipinski definition) is 1. The fourth-order valence-electron chi connectivity index (χ4n) is 1.57. The first-order chi connectivity index (χ1) is 7.91. The molecule has 0 bridgehead atoms. The molecule has 0 saturated carbocycles. The van der Waals surface area contributed by atoms with Crippen LogP contribution in [-0.2, 0) is 0 Å². The van der Waals surface area contributed by atoms with Crippen molar-refractivity contribution in [1.82, 2.24) is 4.90 Å². The minimum absolute atomic E-state index is 0.0489. The summed E-state index contributed by atoms with van der Waals surface area (Å²) in [6, 6.07) is 6.82. The lowest BCUT2D eigenvalue weighted by Crippen LogP contribution is -2.41. The van der Waals surface area contributed by atoms with Gasteiger partial charge in [0.2, 0.25) is 0 Å². The molecule has 0 saturated heterocycles. The molecule has 0 aliphatic rings. The van der Waals surface area contributed by atoms with Crippen molar-refractivity contribution in [2.45, 2.75) is 32.9 Å². The van der Waals surface area contributed by atoms with Crippen molar-refractivity contribution in [2.24, 2.45) is 0 Å². The van der Waals surface area contributed by atoms with Gasteiger partial charge in [-0.3, -0.25) is 4.79 Å². The van der Waals surface area contributed by atoms with Gasteiger partial charge in [-0.25, -0.2) is 0 Å². The quantitative estimate of drug-likeness (QED) is 0.898. The Morgan fingerprint density at radius 1 is 1.29 bits per heavy atom. The fourth-order valence-corrected chi connectivity index (χ4v) is 1.70. The maximum atomic E-state index is 12.2. The van der Waals surface area contributed by atoms with E-state index < -0.39 is 6.10 Å². The SMILES string of the molecule is CC(O)CN(C(=O)c1ccc(Cl)cc1)C(C)C. The van der Waals surface area contributed by atoms with E-state index in [1.165, 1.54) is 0 Å². The molecule has 1 aromatic rings. The lowest BCUT2D eigenvalue weighted by Gasteiger charge is -2.28. The van der Waals surface area contributed by atoms with Gasteiger partial charge >= 0.3 is 0 Å². The number of aliphatic hydroxyl groups is 1. The Morgan fingerprint density at radius 3 is 2.24 bits per heavy atom. The Kier molecular flexibility index (Phi) is 4.97. The second-order valence-corrected chi connectivity index (χ2v) is 4.84. The second-order valence-electron chi connectivity index (χ2n) is 4.41. The monoisotopic (exact) mass is 255 g/mol. The van der Waals surface area contributed by atoms with Crippen LogP contribution >= 0.6 is 11.6 Å². The van der Waals surface area contributed by atoms with Gasteiger partial charge in [-0.15, -0.1) is 0 Å². The van der Waals surface area contributed by atoms with Gasteiger partial charge in [0.25, 0.3) is 5.91 Å². The molecule has 94 valence electrons. The molecule has 0 aliphatic heterocycles. The summed E-state index contributed by atoms with van der Waals surface area (Å²) in [5.41, 5.74) is 0.587. The fraction of sp³-hybridized carbons (Fsp3) is 0.462. The highest BCUT2D eigenvalue weighted by Gasteiger charge is 2.19. The Morgan fingerprint density at radius 2 is 1.82 bits per heavy atom. The second kappa shape index (κ2) is 6.03. The molecule has 3 nitrogen and oxygen atoms in total. The minimum atomic E-state index is -0.534. The summed E-state index contributed by atoms with van der Waals surface area (Å²) in [6.07, 6.45) is -0.534. The molecule has 1 unspecified atom stereocenters. The number of benzene rings is 1. The molecule has 0 heterocycles. The van der Waals surface area contributed by atoms with Crippen molar-refractivity contribution in [2.75, 3.05) is 6.54 Å². The van der Waals surface area contributed by atoms with E-state index in [2.05, 4.69) is 0 Å². The van der Waals surface area contributed by atoms with Gasteiger partial charge in [0.15, 0.2) is 0 Å². The van der Waals surface area contributed by atoms with Gasteiger partial charge in [-0.1, -0.05) is 11.6 Å². The Bertz CT molecular complexity index is 374. The van der Waals surface area contributed by atoms with E-state index in [4.69, 9.17) is 11.6 Å². The normalized spacial score (nSPS) is 12.6. The summed E-state index contributed by atoms with van der Waals surface area (Å²) in [6.45, 7) is 5.86. The molecule has 0 aromatic heterocycles. The number of amides is 1. The Labute approximate surface area is 107 Å². The van der Waals surface area contributed by atoms with Gasteiger partial charge in [0, 0.05) is 23.2 Å². The van der Waals surface area contributed by atoms with Crippen molar-refractivity contribution in [3.63, 3.8) is 0 Å². The first kappa shape index (κ1) is 14.0. The number of rotatable bonds is 4. The van der Waals surface area contributed by atoms with Crippen LogP contribution in [0.4, 0.5) is 0 Å². The number of carbonyl (C=O) groups is 1. The highest BCUT2D eigenvalue weighted by Crippen LogP contribution is 2.13. The molecule has 1 amide bonds. The molecule has 17 heavy (non-hydrogen) atoms. The number of nitrogens with zero attached hydrogens (tertiary/aromatic N) is 1. The van der Waals surface area contributed by atoms with E-state index in [0.717, 1.165) is 0 Å². The molecular weight excluding hydrogens is 238 g/mol. The Hall–Kier alpha value is -1.06. The van der Waals surface area contributed by atoms with E-state index in [0.29, 0.717) is 17.1 Å². The highest BCUT2D eigenvalue weighted by atomic mass is 35.5. The summed E-state index contributed by atoms with van der Waals surface area (Å²) < 4.78 is 0. The third kappa shape index (κ3) is 4.02. The molecule has 0 aliphatic carbocycles. The standard InChI is InChI=1S/C13H18ClNO2/c1-9(2)15(8-10(3)16)13(17)11-4-6-12(14)7-5-11/h4-7,9-10,16H,8H2,1-3H3. The van der Waals surface area contributed by atoms with E-state index in [9.17, 15) is 9.90 Å². The number of hydrogen-bond acceptors (Lipinski definition) is 2. The predicted molar refractivity (Wildman–Crippen MR) is 69.3 cm³/mol. The largest absolute Gasteiger partial charge is 0.392 e. The molecule has 4 heteroatoms. The van der Waals surface area contributed by atoms with Crippen LogP contribution in [0, 0.1) is 0 Å². The predicted octanol–water partition coefficient (Wildman–Crippen LogP) is 2.57. The van der Waals surface area contributed by atoms with Crippen LogP contribution in [0.3, 0.4) is 0 Å². The molecule has 1 aromatic carbocycles. The lowest BCUT2D eigenvalue weighted by atomic mass is 10.1. The summed E-state index contributed by atoms with van der Waals surface area (Å²) in [7, 11) is 0. The van der Waals surface area contributed by atoms with E-state index in [1.807, 2.05) is 13.8 Å². The zero-order valence-electron chi connectivity index (χ0n) is 10.4. The first-order valence-electron chi connectivity index (χ1n) is 5.66. The van der Waals surface area contributed by atoms with Crippen LogP contribution in [0.25, 0.3) is 0 Å². The lowest BCUT2D eigenvalue weighted by molar-refractivity contribution is 0.0579. The first-order valence-corrected chi connectivity index (χ1v) is 6.04. The van der Waals surface area contributed by atoms with Crippen LogP contribution in [0.1, 0.15) is 31.1 Å². The van der Waals surface area contributed by atoms with Crippen molar-refractivity contribution >= 4 is 17.5 Å². The van der Waals surface area contributed by atoms with Gasteiger partial charge in [-0.05, 0) is 45.0 Å². The van der Waals surface area contributed by atoms with Gasteiger partial charge in [-0.2, -0.15) is 0 Å². The maximum Gasteiger partial charge on any atom is 0.254 e. The summed E-state index contributed by atoms with van der Waals surface area (Å²) >= 11 is 5.78. The van der Waals surface area contributed by atoms with E-state index in [-0.39, 0.29) is 11.9 Å². The van der Waals surface area contributed by atoms with Crippen molar-refractivity contribution in [3.05, 3.63) is 34.9 Å². The number of halogens is 1. The van der Waals surface area contributed by atoms with Crippen LogP contribution in [0.2, 0.25) is 5.02 Å². The topological polar surface area (TPSA) is 40.5 Å². The number of aliphatic hydroxyl groups excluding tert-OH is 1. The van der Waals surface area contributed by atoms with Crippen LogP contribution in [-0.4, -0.2) is 34.6 Å². The van der Waals surface area contributed by atoms with Gasteiger partial charge in [0.1, 0.15) is 0 Å². The van der Waals surface area contributed by atoms with Crippen molar-refractivity contribution in [3.8, 4) is 0 Å². The van der Waals surface area contributed by atoms with Crippen LogP contribution in [0.5, 0.6) is 0 Å². The van der Waals surface area contributed by atoms with Crippen LogP contribution < -0.4 is 0 Å². The molecule has 0 radical (unpaired) electrons. The third-order valence-electron chi connectivity index (χ3n) is 2.44. The zero-order chi connectivity index (χ0) is 13.0. The van der Waals surface area contributed by atoms with Crippen LogP contribution in [0.15, 0.2) is 24.3 Å². The average molecular weight is 256 g/mol. The van der Waals surface area contributed by atoms with Crippen molar-refractivity contribution < 1.29 is 9.90 Å². The Balaban J connectivity index is 2.88. The molecule has 0 spiro atoms. The summed E-state index contributed by atoms with van der Waals surface area (Å²) in [5.74, 6) is -0.0856. The minimum Gasteiger partial charge on any atom is -0.392 e. The maximum absolute atomic E-state index is 12.2. The molecule has 0 fully saturated rings. The summed E-state index contributed by atoms with van der Waals surface area (Å²) in [5, 5.41) is 10.0. The number of carbonyl (C=O) groups excluding carboxylic acids is 1. The third-order valence-corrected chi connectivity index (χ3v) is 2.69. The molecule has 1 atom stereocenters. The van der Waals surface area contributed by atoms with E-state index in [1.54, 1.807) is 36.1 Å². The smallest absolute Gasteiger partial charge is 0.254 e.